The van der Waals surface area contributed by atoms with Crippen LogP contribution in [0.3, 0.4) is 0 Å². The molecule has 0 saturated carbocycles. The van der Waals surface area contributed by atoms with Crippen LogP contribution in [0.25, 0.3) is 22.2 Å². The highest BCUT2D eigenvalue weighted by Gasteiger charge is 2.23. The van der Waals surface area contributed by atoms with Gasteiger partial charge in [0.15, 0.2) is 5.65 Å². The second-order valence-corrected chi connectivity index (χ2v) is 8.34. The van der Waals surface area contributed by atoms with Crippen LogP contribution in [0.2, 0.25) is 5.15 Å². The van der Waals surface area contributed by atoms with Crippen LogP contribution in [0.15, 0.2) is 24.4 Å². The number of amides is 1. The first-order valence-electron chi connectivity index (χ1n) is 8.20. The molecule has 0 atom stereocenters. The number of hydrogen-bond donors (Lipinski definition) is 2. The van der Waals surface area contributed by atoms with E-state index in [1.54, 1.807) is 10.0 Å². The van der Waals surface area contributed by atoms with Crippen LogP contribution in [-0.2, 0) is 6.42 Å². The van der Waals surface area contributed by atoms with Crippen molar-refractivity contribution in [3.63, 3.8) is 0 Å². The fourth-order valence-corrected chi connectivity index (χ4v) is 5.24. The summed E-state index contributed by atoms with van der Waals surface area (Å²) in [6.07, 6.45) is 1.88. The van der Waals surface area contributed by atoms with Gasteiger partial charge in [-0.05, 0) is 24.6 Å². The number of aliphatic hydroxyl groups excluding tert-OH is 1. The summed E-state index contributed by atoms with van der Waals surface area (Å²) >= 11 is 8.52. The normalized spacial score (nSPS) is 11.2. The van der Waals surface area contributed by atoms with Crippen molar-refractivity contribution in [2.75, 3.05) is 26.4 Å². The number of hydrogen-bond acceptors (Lipinski definition) is 5. The number of rotatable bonds is 5. The fourth-order valence-electron chi connectivity index (χ4n) is 2.98. The number of halogens is 3. The zero-order chi connectivity index (χ0) is 20.6. The molecule has 0 unspecified atom stereocenters. The molecule has 0 bridgehead atoms. The van der Waals surface area contributed by atoms with Gasteiger partial charge in [-0.25, -0.2) is 13.3 Å². The Bertz CT molecular complexity index is 1070. The summed E-state index contributed by atoms with van der Waals surface area (Å²) < 4.78 is 16.9. The Morgan fingerprint density at radius 1 is 1.46 bits per heavy atom. The zero-order valence-corrected chi connectivity index (χ0v) is 18.8. The van der Waals surface area contributed by atoms with Gasteiger partial charge in [-0.2, -0.15) is 0 Å². The number of carbonyl (C=O) groups is 1. The first-order chi connectivity index (χ1) is 13.3. The molecule has 0 aliphatic heterocycles. The van der Waals surface area contributed by atoms with Gasteiger partial charge in [-0.15, -0.1) is 0 Å². The van der Waals surface area contributed by atoms with Crippen molar-refractivity contribution in [3.8, 4) is 11.1 Å². The van der Waals surface area contributed by atoms with E-state index in [1.807, 2.05) is 0 Å². The van der Waals surface area contributed by atoms with Crippen LogP contribution in [0.5, 0.6) is 0 Å². The van der Waals surface area contributed by atoms with Gasteiger partial charge >= 0.3 is 0 Å². The summed E-state index contributed by atoms with van der Waals surface area (Å²) in [6, 6.07) is 4.80. The highest BCUT2D eigenvalue weighted by Crippen LogP contribution is 2.38. The molecule has 0 aliphatic rings. The van der Waals surface area contributed by atoms with E-state index < -0.39 is 11.7 Å². The van der Waals surface area contributed by atoms with Crippen molar-refractivity contribution >= 4 is 64.6 Å². The predicted molar refractivity (Wildman–Crippen MR) is 120 cm³/mol. The molecule has 2 heterocycles. The number of anilines is 1. The second kappa shape index (κ2) is 8.44. The largest absolute Gasteiger partial charge is 0.398 e. The van der Waals surface area contributed by atoms with E-state index in [2.05, 4.69) is 26.2 Å². The summed E-state index contributed by atoms with van der Waals surface area (Å²) in [6.45, 7) is -0.0767. The first kappa shape index (κ1) is 21.2. The zero-order valence-electron chi connectivity index (χ0n) is 15.0. The smallest absolute Gasteiger partial charge is 0.258 e. The van der Waals surface area contributed by atoms with E-state index in [0.717, 1.165) is 10.9 Å². The lowest BCUT2D eigenvalue weighted by Gasteiger charge is -2.15. The molecular formula is C18H17ClFIN4O2S. The third-order valence-corrected chi connectivity index (χ3v) is 6.52. The SMILES string of the molecule is CN(C)C(=O)c1c(N)ccc(-c2cnc3c(c2)c(CCO)c(Cl)n3SI)c1F. The molecule has 148 valence electrons. The Balaban J connectivity index is 2.24. The molecule has 1 aromatic carbocycles. The average molecular weight is 535 g/mol. The molecule has 3 rings (SSSR count). The van der Waals surface area contributed by atoms with Gasteiger partial charge in [0.25, 0.3) is 5.91 Å². The molecule has 3 N–H and O–H groups in total. The summed E-state index contributed by atoms with van der Waals surface area (Å²) in [7, 11) is 4.43. The molecule has 0 spiro atoms. The summed E-state index contributed by atoms with van der Waals surface area (Å²) in [5, 5.41) is 10.6. The molecule has 0 aliphatic carbocycles. The van der Waals surface area contributed by atoms with Gasteiger partial charge < -0.3 is 15.7 Å². The number of aromatic nitrogens is 2. The van der Waals surface area contributed by atoms with Gasteiger partial charge in [0, 0.05) is 85.0 Å². The number of aliphatic hydroxyl groups is 1. The maximum atomic E-state index is 15.2. The topological polar surface area (TPSA) is 84.4 Å². The van der Waals surface area contributed by atoms with E-state index in [9.17, 15) is 9.90 Å². The lowest BCUT2D eigenvalue weighted by atomic mass is 10.00. The van der Waals surface area contributed by atoms with E-state index in [-0.39, 0.29) is 23.4 Å². The van der Waals surface area contributed by atoms with E-state index in [4.69, 9.17) is 17.3 Å². The van der Waals surface area contributed by atoms with Gasteiger partial charge in [-0.3, -0.25) is 4.79 Å². The molecule has 3 aromatic rings. The van der Waals surface area contributed by atoms with Crippen LogP contribution in [-0.4, -0.2) is 45.6 Å². The van der Waals surface area contributed by atoms with Crippen LogP contribution in [0, 0.1) is 5.82 Å². The molecule has 10 heteroatoms. The first-order valence-corrected chi connectivity index (χ1v) is 11.9. The fraction of sp³-hybridized carbons (Fsp3) is 0.222. The van der Waals surface area contributed by atoms with Gasteiger partial charge in [-0.1, -0.05) is 11.6 Å². The number of carbonyl (C=O) groups excluding carboxylic acids is 1. The minimum absolute atomic E-state index is 0.0745. The molecule has 6 nitrogen and oxygen atoms in total. The van der Waals surface area contributed by atoms with Crippen LogP contribution >= 0.6 is 41.9 Å². The van der Waals surface area contributed by atoms with Gasteiger partial charge in [0.2, 0.25) is 0 Å². The lowest BCUT2D eigenvalue weighted by Crippen LogP contribution is -2.24. The Labute approximate surface area is 182 Å². The van der Waals surface area contributed by atoms with Gasteiger partial charge in [0.1, 0.15) is 11.0 Å². The van der Waals surface area contributed by atoms with Crippen molar-refractivity contribution in [3.05, 3.63) is 46.5 Å². The number of nitrogens with two attached hydrogens (primary N) is 1. The number of nitrogen functional groups attached to an aromatic ring is 1. The number of benzene rings is 1. The number of nitrogens with zero attached hydrogens (tertiary/aromatic N) is 3. The molecular weight excluding hydrogens is 518 g/mol. The van der Waals surface area contributed by atoms with Gasteiger partial charge in [0.05, 0.1) is 5.56 Å². The third-order valence-electron chi connectivity index (χ3n) is 4.35. The second-order valence-electron chi connectivity index (χ2n) is 6.29. The minimum atomic E-state index is -0.697. The Morgan fingerprint density at radius 2 is 2.18 bits per heavy atom. The van der Waals surface area contributed by atoms with Crippen molar-refractivity contribution in [2.45, 2.75) is 6.42 Å². The van der Waals surface area contributed by atoms with Crippen LogP contribution < -0.4 is 5.73 Å². The van der Waals surface area contributed by atoms with E-state index in [0.29, 0.717) is 22.8 Å². The highest BCUT2D eigenvalue weighted by molar-refractivity contribution is 14.2. The van der Waals surface area contributed by atoms with Crippen LogP contribution in [0.4, 0.5) is 10.1 Å². The van der Waals surface area contributed by atoms with E-state index in [1.165, 1.54) is 46.4 Å². The summed E-state index contributed by atoms with van der Waals surface area (Å²) in [4.78, 5) is 18.1. The Hall–Kier alpha value is -1.56. The standard InChI is InChI=1S/C18H17ClFIN4O2S/c1-24(2)18(27)14-13(22)4-3-10(15(14)20)9-7-12-11(5-6-26)16(19)25(28-21)17(12)23-8-9/h3-4,7-8,26H,5-6,22H2,1-2H3. The summed E-state index contributed by atoms with van der Waals surface area (Å²) in [5.41, 5.74) is 7.82. The average Bonchev–Trinajstić information content (AvgIpc) is 2.92. The van der Waals surface area contributed by atoms with E-state index >= 15 is 4.39 Å². The molecule has 1 amide bonds. The van der Waals surface area contributed by atoms with Crippen molar-refractivity contribution in [1.82, 2.24) is 13.9 Å². The Morgan fingerprint density at radius 3 is 2.79 bits per heavy atom. The van der Waals surface area contributed by atoms with Crippen molar-refractivity contribution in [2.24, 2.45) is 0 Å². The number of fused-ring (bicyclic) bond motifs is 1. The molecule has 0 saturated heterocycles. The maximum Gasteiger partial charge on any atom is 0.258 e. The minimum Gasteiger partial charge on any atom is -0.398 e. The highest BCUT2D eigenvalue weighted by atomic mass is 127. The predicted octanol–water partition coefficient (Wildman–Crippen LogP) is 4.16. The quantitative estimate of drug-likeness (QED) is 0.379. The van der Waals surface area contributed by atoms with Crippen molar-refractivity contribution < 1.29 is 14.3 Å². The maximum absolute atomic E-state index is 15.2. The monoisotopic (exact) mass is 534 g/mol. The molecule has 2 aromatic heterocycles. The van der Waals surface area contributed by atoms with Crippen LogP contribution in [0.1, 0.15) is 15.9 Å². The third kappa shape index (κ3) is 3.56. The molecule has 28 heavy (non-hydrogen) atoms. The lowest BCUT2D eigenvalue weighted by molar-refractivity contribution is 0.0824. The summed E-state index contributed by atoms with van der Waals surface area (Å²) in [5.74, 6) is -1.21. The van der Waals surface area contributed by atoms with Crippen molar-refractivity contribution in [1.29, 1.82) is 0 Å². The molecule has 0 fully saturated rings. The molecule has 0 radical (unpaired) electrons. The number of pyridine rings is 1. The Kier molecular flexibility index (Phi) is 6.37.